The van der Waals surface area contributed by atoms with Gasteiger partial charge < -0.3 is 10.2 Å². The first-order valence-electron chi connectivity index (χ1n) is 4.32. The summed E-state index contributed by atoms with van der Waals surface area (Å²) in [7, 11) is 0. The molecule has 0 aliphatic rings. The van der Waals surface area contributed by atoms with E-state index in [0.717, 1.165) is 6.07 Å². The number of aliphatic carboxylic acids is 1. The Morgan fingerprint density at radius 2 is 2.20 bits per heavy atom. The molecule has 0 radical (unpaired) electrons. The minimum Gasteiger partial charge on any atom is -0.505 e. The van der Waals surface area contributed by atoms with Crippen LogP contribution < -0.4 is 0 Å². The van der Waals surface area contributed by atoms with Gasteiger partial charge in [0, 0.05) is 10.6 Å². The van der Waals surface area contributed by atoms with Crippen LogP contribution in [0.4, 0.5) is 4.39 Å². The Kier molecular flexibility index (Phi) is 3.52. The highest BCUT2D eigenvalue weighted by molar-refractivity contribution is 6.31. The first-order valence-corrected chi connectivity index (χ1v) is 4.70. The second-order valence-electron chi connectivity index (χ2n) is 3.29. The standard InChI is InChI=1S/C10H10ClFO3/c1-5(4-8(13)14)9-6(11)2-3-7(12)10(9)15/h2-3,5,15H,4H2,1H3,(H,13,14). The number of rotatable bonds is 3. The summed E-state index contributed by atoms with van der Waals surface area (Å²) < 4.78 is 13.0. The number of hydrogen-bond acceptors (Lipinski definition) is 2. The lowest BCUT2D eigenvalue weighted by atomic mass is 9.96. The van der Waals surface area contributed by atoms with Crippen molar-refractivity contribution in [2.75, 3.05) is 0 Å². The van der Waals surface area contributed by atoms with E-state index in [9.17, 15) is 14.3 Å². The predicted octanol–water partition coefficient (Wildman–Crippen LogP) is 2.76. The Morgan fingerprint density at radius 3 is 2.73 bits per heavy atom. The summed E-state index contributed by atoms with van der Waals surface area (Å²) in [5, 5.41) is 18.2. The highest BCUT2D eigenvalue weighted by Crippen LogP contribution is 2.35. The molecule has 82 valence electrons. The van der Waals surface area contributed by atoms with Crippen molar-refractivity contribution in [3.05, 3.63) is 28.5 Å². The molecule has 2 N–H and O–H groups in total. The third kappa shape index (κ3) is 2.59. The second kappa shape index (κ2) is 4.49. The largest absolute Gasteiger partial charge is 0.505 e. The molecular formula is C10H10ClFO3. The number of aromatic hydroxyl groups is 1. The first kappa shape index (κ1) is 11.8. The number of carbonyl (C=O) groups is 1. The lowest BCUT2D eigenvalue weighted by molar-refractivity contribution is -0.137. The third-order valence-electron chi connectivity index (χ3n) is 2.09. The molecule has 1 rings (SSSR count). The summed E-state index contributed by atoms with van der Waals surface area (Å²) in [6.45, 7) is 1.56. The Morgan fingerprint density at radius 1 is 1.60 bits per heavy atom. The van der Waals surface area contributed by atoms with Gasteiger partial charge in [0.05, 0.1) is 6.42 Å². The van der Waals surface area contributed by atoms with Crippen LogP contribution in [0.3, 0.4) is 0 Å². The van der Waals surface area contributed by atoms with Gasteiger partial charge in [-0.15, -0.1) is 0 Å². The van der Waals surface area contributed by atoms with Crippen LogP contribution in [0, 0.1) is 5.82 Å². The topological polar surface area (TPSA) is 57.5 Å². The Labute approximate surface area is 91.1 Å². The van der Waals surface area contributed by atoms with E-state index >= 15 is 0 Å². The molecule has 0 fully saturated rings. The van der Waals surface area contributed by atoms with Crippen LogP contribution in [0.15, 0.2) is 12.1 Å². The van der Waals surface area contributed by atoms with E-state index in [0.29, 0.717) is 0 Å². The van der Waals surface area contributed by atoms with E-state index in [1.54, 1.807) is 6.92 Å². The molecule has 0 bridgehead atoms. The molecule has 0 amide bonds. The molecule has 3 nitrogen and oxygen atoms in total. The maximum Gasteiger partial charge on any atom is 0.303 e. The fraction of sp³-hybridized carbons (Fsp3) is 0.300. The van der Waals surface area contributed by atoms with Gasteiger partial charge in [0.25, 0.3) is 0 Å². The molecule has 15 heavy (non-hydrogen) atoms. The monoisotopic (exact) mass is 232 g/mol. The van der Waals surface area contributed by atoms with Gasteiger partial charge in [-0.3, -0.25) is 4.79 Å². The van der Waals surface area contributed by atoms with Crippen molar-refractivity contribution >= 4 is 17.6 Å². The van der Waals surface area contributed by atoms with Crippen LogP contribution in [0.5, 0.6) is 5.75 Å². The van der Waals surface area contributed by atoms with Crippen LogP contribution in [0.25, 0.3) is 0 Å². The number of phenolic OH excluding ortho intramolecular Hbond substituents is 1. The van der Waals surface area contributed by atoms with E-state index in [1.807, 2.05) is 0 Å². The third-order valence-corrected chi connectivity index (χ3v) is 2.42. The maximum absolute atomic E-state index is 13.0. The Hall–Kier alpha value is -1.29. The maximum atomic E-state index is 13.0. The zero-order chi connectivity index (χ0) is 11.6. The molecule has 1 unspecified atom stereocenters. The molecule has 0 heterocycles. The van der Waals surface area contributed by atoms with Crippen molar-refractivity contribution in [3.8, 4) is 5.75 Å². The van der Waals surface area contributed by atoms with Gasteiger partial charge in [-0.05, 0) is 18.1 Å². The summed E-state index contributed by atoms with van der Waals surface area (Å²) in [4.78, 5) is 10.5. The summed E-state index contributed by atoms with van der Waals surface area (Å²) in [5.41, 5.74) is 0.138. The molecule has 1 aromatic rings. The van der Waals surface area contributed by atoms with Crippen molar-refractivity contribution in [3.63, 3.8) is 0 Å². The SMILES string of the molecule is CC(CC(=O)O)c1c(Cl)ccc(F)c1O. The quantitative estimate of drug-likeness (QED) is 0.843. The van der Waals surface area contributed by atoms with E-state index in [-0.39, 0.29) is 17.0 Å². The predicted molar refractivity (Wildman–Crippen MR) is 53.7 cm³/mol. The van der Waals surface area contributed by atoms with E-state index in [4.69, 9.17) is 16.7 Å². The molecule has 0 aliphatic carbocycles. The molecule has 1 aromatic carbocycles. The Balaban J connectivity index is 3.12. The van der Waals surface area contributed by atoms with Gasteiger partial charge in [0.2, 0.25) is 0 Å². The highest BCUT2D eigenvalue weighted by Gasteiger charge is 2.19. The summed E-state index contributed by atoms with van der Waals surface area (Å²) in [5.74, 6) is -2.93. The molecule has 0 saturated heterocycles. The van der Waals surface area contributed by atoms with Gasteiger partial charge >= 0.3 is 5.97 Å². The number of carboxylic acids is 1. The van der Waals surface area contributed by atoms with Crippen molar-refractivity contribution in [1.29, 1.82) is 0 Å². The van der Waals surface area contributed by atoms with Crippen molar-refractivity contribution in [2.24, 2.45) is 0 Å². The minimum atomic E-state index is -1.03. The van der Waals surface area contributed by atoms with E-state index < -0.39 is 23.5 Å². The molecule has 5 heteroatoms. The number of carboxylic acid groups (broad SMARTS) is 1. The number of hydrogen-bond donors (Lipinski definition) is 2. The average molecular weight is 233 g/mol. The van der Waals surface area contributed by atoms with Crippen molar-refractivity contribution in [2.45, 2.75) is 19.3 Å². The fourth-order valence-corrected chi connectivity index (χ4v) is 1.73. The number of phenols is 1. The van der Waals surface area contributed by atoms with Gasteiger partial charge in [-0.25, -0.2) is 4.39 Å². The summed E-state index contributed by atoms with van der Waals surface area (Å²) >= 11 is 5.76. The van der Waals surface area contributed by atoms with Crippen molar-refractivity contribution < 1.29 is 19.4 Å². The van der Waals surface area contributed by atoms with Gasteiger partial charge in [-0.1, -0.05) is 18.5 Å². The first-order chi connectivity index (χ1) is 6.93. The van der Waals surface area contributed by atoms with Gasteiger partial charge in [0.15, 0.2) is 11.6 Å². The number of benzene rings is 1. The van der Waals surface area contributed by atoms with Gasteiger partial charge in [0.1, 0.15) is 0 Å². The normalized spacial score (nSPS) is 12.5. The summed E-state index contributed by atoms with van der Waals surface area (Å²) in [6.07, 6.45) is -0.212. The van der Waals surface area contributed by atoms with Gasteiger partial charge in [-0.2, -0.15) is 0 Å². The Bertz CT molecular complexity index is 392. The van der Waals surface area contributed by atoms with Crippen LogP contribution in [0.1, 0.15) is 24.8 Å². The van der Waals surface area contributed by atoms with Crippen LogP contribution in [-0.2, 0) is 4.79 Å². The van der Waals surface area contributed by atoms with E-state index in [1.165, 1.54) is 6.07 Å². The van der Waals surface area contributed by atoms with Crippen molar-refractivity contribution in [1.82, 2.24) is 0 Å². The zero-order valence-corrected chi connectivity index (χ0v) is 8.75. The fourth-order valence-electron chi connectivity index (χ4n) is 1.39. The average Bonchev–Trinajstić information content (AvgIpc) is 2.11. The second-order valence-corrected chi connectivity index (χ2v) is 3.70. The van der Waals surface area contributed by atoms with Crippen LogP contribution >= 0.6 is 11.6 Å². The summed E-state index contributed by atoms with van der Waals surface area (Å²) in [6, 6.07) is 2.33. The zero-order valence-electron chi connectivity index (χ0n) is 8.00. The molecule has 1 atom stereocenters. The lowest BCUT2D eigenvalue weighted by Crippen LogP contribution is -2.04. The highest BCUT2D eigenvalue weighted by atomic mass is 35.5. The molecule has 0 spiro atoms. The van der Waals surface area contributed by atoms with Crippen LogP contribution in [0.2, 0.25) is 5.02 Å². The molecule has 0 aromatic heterocycles. The molecule has 0 aliphatic heterocycles. The molecule has 0 saturated carbocycles. The smallest absolute Gasteiger partial charge is 0.303 e. The number of halogens is 2. The van der Waals surface area contributed by atoms with E-state index in [2.05, 4.69) is 0 Å². The molecular weight excluding hydrogens is 223 g/mol. The van der Waals surface area contributed by atoms with Crippen LogP contribution in [-0.4, -0.2) is 16.2 Å². The minimum absolute atomic E-state index is 0.138. The lowest BCUT2D eigenvalue weighted by Gasteiger charge is -2.13.